The van der Waals surface area contributed by atoms with Crippen molar-refractivity contribution < 1.29 is 13.6 Å². The largest absolute Gasteiger partial charge is 0.295 e. The van der Waals surface area contributed by atoms with Crippen molar-refractivity contribution in [2.75, 3.05) is 0 Å². The van der Waals surface area contributed by atoms with Crippen molar-refractivity contribution in [2.24, 2.45) is 0 Å². The summed E-state index contributed by atoms with van der Waals surface area (Å²) < 4.78 is 26.6. The van der Waals surface area contributed by atoms with E-state index in [0.29, 0.717) is 6.29 Å². The minimum absolute atomic E-state index is 0.151. The minimum Gasteiger partial charge on any atom is -0.295 e. The molecule has 0 radical (unpaired) electrons. The van der Waals surface area contributed by atoms with E-state index in [1.165, 1.54) is 11.4 Å². The molecule has 5 heteroatoms. The van der Waals surface area contributed by atoms with Gasteiger partial charge in [-0.05, 0) is 12.1 Å². The second-order valence-corrected chi connectivity index (χ2v) is 3.68. The minimum atomic E-state index is -0.683. The summed E-state index contributed by atoms with van der Waals surface area (Å²) in [6.07, 6.45) is 0.549. The first-order valence-electron chi connectivity index (χ1n) is 4.07. The van der Waals surface area contributed by atoms with E-state index in [0.717, 1.165) is 23.5 Å². The lowest BCUT2D eigenvalue weighted by Gasteiger charge is -1.99. The molecular formula is C10H5F2NOS. The van der Waals surface area contributed by atoms with Crippen LogP contribution in [0.15, 0.2) is 23.6 Å². The zero-order chi connectivity index (χ0) is 10.8. The van der Waals surface area contributed by atoms with E-state index in [4.69, 9.17) is 0 Å². The summed E-state index contributed by atoms with van der Waals surface area (Å²) in [6.45, 7) is 0. The van der Waals surface area contributed by atoms with Crippen molar-refractivity contribution in [3.05, 3.63) is 40.2 Å². The molecule has 2 nitrogen and oxygen atoms in total. The SMILES string of the molecule is O=Cc1nc(-c2c(F)cccc2F)cs1. The fourth-order valence-electron chi connectivity index (χ4n) is 1.20. The topological polar surface area (TPSA) is 30.0 Å². The van der Waals surface area contributed by atoms with Crippen molar-refractivity contribution in [1.82, 2.24) is 4.98 Å². The molecule has 2 aromatic rings. The van der Waals surface area contributed by atoms with Gasteiger partial charge in [0.1, 0.15) is 11.6 Å². The van der Waals surface area contributed by atoms with Crippen LogP contribution in [0.4, 0.5) is 8.78 Å². The van der Waals surface area contributed by atoms with Crippen LogP contribution >= 0.6 is 11.3 Å². The highest BCUT2D eigenvalue weighted by atomic mass is 32.1. The second-order valence-electron chi connectivity index (χ2n) is 2.79. The third-order valence-corrected chi connectivity index (χ3v) is 2.61. The molecule has 76 valence electrons. The zero-order valence-electron chi connectivity index (χ0n) is 7.41. The number of carbonyl (C=O) groups is 1. The maximum atomic E-state index is 13.3. The van der Waals surface area contributed by atoms with Gasteiger partial charge in [0, 0.05) is 5.38 Å². The molecule has 0 amide bonds. The third kappa shape index (κ3) is 1.78. The highest BCUT2D eigenvalue weighted by Crippen LogP contribution is 2.26. The fraction of sp³-hybridized carbons (Fsp3) is 0. The number of rotatable bonds is 2. The molecule has 0 bridgehead atoms. The van der Waals surface area contributed by atoms with E-state index < -0.39 is 11.6 Å². The van der Waals surface area contributed by atoms with Crippen LogP contribution in [-0.4, -0.2) is 11.3 Å². The van der Waals surface area contributed by atoms with Crippen LogP contribution < -0.4 is 0 Å². The van der Waals surface area contributed by atoms with Crippen LogP contribution in [0, 0.1) is 11.6 Å². The Morgan fingerprint density at radius 2 is 1.93 bits per heavy atom. The number of thiazole rings is 1. The maximum absolute atomic E-state index is 13.3. The molecule has 0 aliphatic rings. The molecule has 0 saturated heterocycles. The lowest BCUT2D eigenvalue weighted by atomic mass is 10.1. The molecular weight excluding hydrogens is 220 g/mol. The first kappa shape index (κ1) is 9.92. The molecule has 0 aliphatic heterocycles. The summed E-state index contributed by atoms with van der Waals surface area (Å²) in [7, 11) is 0. The highest BCUT2D eigenvalue weighted by Gasteiger charge is 2.13. The van der Waals surface area contributed by atoms with Gasteiger partial charge in [-0.25, -0.2) is 13.8 Å². The predicted molar refractivity (Wildman–Crippen MR) is 52.9 cm³/mol. The molecule has 1 aromatic carbocycles. The normalized spacial score (nSPS) is 10.3. The van der Waals surface area contributed by atoms with Gasteiger partial charge in [0.25, 0.3) is 0 Å². The summed E-state index contributed by atoms with van der Waals surface area (Å²) in [5.41, 5.74) is -0.0421. The standard InChI is InChI=1S/C10H5F2NOS/c11-6-2-1-3-7(12)10(6)8-5-15-9(4-14)13-8/h1-5H. The summed E-state index contributed by atoms with van der Waals surface area (Å²) in [6, 6.07) is 3.58. The summed E-state index contributed by atoms with van der Waals surface area (Å²) >= 11 is 1.05. The van der Waals surface area contributed by atoms with E-state index in [1.807, 2.05) is 0 Å². The highest BCUT2D eigenvalue weighted by molar-refractivity contribution is 7.11. The van der Waals surface area contributed by atoms with Crippen molar-refractivity contribution >= 4 is 17.6 Å². The maximum Gasteiger partial charge on any atom is 0.178 e. The van der Waals surface area contributed by atoms with Gasteiger partial charge in [0.15, 0.2) is 11.3 Å². The molecule has 0 N–H and O–H groups in total. The number of benzene rings is 1. The van der Waals surface area contributed by atoms with Crippen molar-refractivity contribution in [3.63, 3.8) is 0 Å². The quantitative estimate of drug-likeness (QED) is 0.735. The van der Waals surface area contributed by atoms with Gasteiger partial charge in [-0.15, -0.1) is 11.3 Å². The van der Waals surface area contributed by atoms with Gasteiger partial charge in [-0.3, -0.25) is 4.79 Å². The fourth-order valence-corrected chi connectivity index (χ4v) is 1.81. The predicted octanol–water partition coefficient (Wildman–Crippen LogP) is 2.90. The Balaban J connectivity index is 2.58. The van der Waals surface area contributed by atoms with Gasteiger partial charge in [0.2, 0.25) is 0 Å². The molecule has 0 spiro atoms. The van der Waals surface area contributed by atoms with Gasteiger partial charge in [-0.1, -0.05) is 6.07 Å². The Hall–Kier alpha value is -1.62. The molecule has 0 saturated carbocycles. The van der Waals surface area contributed by atoms with Crippen LogP contribution in [0.25, 0.3) is 11.3 Å². The van der Waals surface area contributed by atoms with Gasteiger partial charge in [-0.2, -0.15) is 0 Å². The molecule has 1 heterocycles. The Morgan fingerprint density at radius 1 is 1.27 bits per heavy atom. The number of carbonyl (C=O) groups excluding carboxylic acids is 1. The average Bonchev–Trinajstić information content (AvgIpc) is 2.66. The van der Waals surface area contributed by atoms with Crippen molar-refractivity contribution in [2.45, 2.75) is 0 Å². The summed E-state index contributed by atoms with van der Waals surface area (Å²) in [4.78, 5) is 14.2. The molecule has 15 heavy (non-hydrogen) atoms. The van der Waals surface area contributed by atoms with E-state index >= 15 is 0 Å². The Bertz CT molecular complexity index is 490. The van der Waals surface area contributed by atoms with E-state index in [-0.39, 0.29) is 16.3 Å². The third-order valence-electron chi connectivity index (χ3n) is 1.84. The zero-order valence-corrected chi connectivity index (χ0v) is 8.22. The molecule has 2 rings (SSSR count). The van der Waals surface area contributed by atoms with Crippen molar-refractivity contribution in [3.8, 4) is 11.3 Å². The number of hydrogen-bond acceptors (Lipinski definition) is 3. The average molecular weight is 225 g/mol. The van der Waals surface area contributed by atoms with E-state index in [1.54, 1.807) is 0 Å². The van der Waals surface area contributed by atoms with Crippen LogP contribution in [0.3, 0.4) is 0 Å². The molecule has 0 atom stereocenters. The Kier molecular flexibility index (Phi) is 2.55. The van der Waals surface area contributed by atoms with Gasteiger partial charge in [0.05, 0.1) is 11.3 Å². The first-order valence-corrected chi connectivity index (χ1v) is 4.95. The van der Waals surface area contributed by atoms with Crippen LogP contribution in [0.1, 0.15) is 9.80 Å². The van der Waals surface area contributed by atoms with E-state index in [2.05, 4.69) is 4.98 Å². The molecule has 0 unspecified atom stereocenters. The lowest BCUT2D eigenvalue weighted by Crippen LogP contribution is -1.90. The van der Waals surface area contributed by atoms with E-state index in [9.17, 15) is 13.6 Å². The Morgan fingerprint density at radius 3 is 2.47 bits per heavy atom. The second kappa shape index (κ2) is 3.86. The molecule has 0 aliphatic carbocycles. The molecule has 0 fully saturated rings. The monoisotopic (exact) mass is 225 g/mol. The summed E-state index contributed by atoms with van der Waals surface area (Å²) in [5, 5.41) is 1.65. The number of aromatic nitrogens is 1. The van der Waals surface area contributed by atoms with Gasteiger partial charge < -0.3 is 0 Å². The number of aldehydes is 1. The van der Waals surface area contributed by atoms with Gasteiger partial charge >= 0.3 is 0 Å². The molecule has 1 aromatic heterocycles. The number of hydrogen-bond donors (Lipinski definition) is 0. The van der Waals surface area contributed by atoms with Crippen molar-refractivity contribution in [1.29, 1.82) is 0 Å². The Labute approximate surface area is 88.2 Å². The number of nitrogens with zero attached hydrogens (tertiary/aromatic N) is 1. The van der Waals surface area contributed by atoms with Crippen LogP contribution in [-0.2, 0) is 0 Å². The lowest BCUT2D eigenvalue weighted by molar-refractivity contribution is 0.112. The first-order chi connectivity index (χ1) is 7.22. The van der Waals surface area contributed by atoms with Crippen LogP contribution in [0.5, 0.6) is 0 Å². The number of halogens is 2. The smallest absolute Gasteiger partial charge is 0.178 e. The van der Waals surface area contributed by atoms with Crippen LogP contribution in [0.2, 0.25) is 0 Å². The summed E-state index contributed by atoms with van der Waals surface area (Å²) in [5.74, 6) is -1.37.